The van der Waals surface area contributed by atoms with Crippen LogP contribution < -0.4 is 10.2 Å². The summed E-state index contributed by atoms with van der Waals surface area (Å²) in [4.78, 5) is 32.5. The number of carbonyl (C=O) groups excluding carboxylic acids is 2. The van der Waals surface area contributed by atoms with E-state index in [1.807, 2.05) is 0 Å². The van der Waals surface area contributed by atoms with Crippen LogP contribution >= 0.6 is 0 Å². The van der Waals surface area contributed by atoms with Crippen LogP contribution in [0.15, 0.2) is 102 Å². The minimum atomic E-state index is -4.78. The molecule has 4 aromatic rings. The third kappa shape index (κ3) is 6.77. The van der Waals surface area contributed by atoms with E-state index in [9.17, 15) is 35.9 Å². The lowest BCUT2D eigenvalue weighted by atomic mass is 9.91. The first-order valence-electron chi connectivity index (χ1n) is 13.1. The number of hydrogen-bond donors (Lipinski definition) is 1. The third-order valence-electron chi connectivity index (χ3n) is 6.88. The molecule has 0 fully saturated rings. The van der Waals surface area contributed by atoms with Gasteiger partial charge in [-0.3, -0.25) is 14.5 Å². The van der Waals surface area contributed by atoms with Crippen molar-refractivity contribution < 1.29 is 35.9 Å². The summed E-state index contributed by atoms with van der Waals surface area (Å²) in [5.74, 6) is -5.98. The molecule has 0 aliphatic carbocycles. The van der Waals surface area contributed by atoms with E-state index in [0.29, 0.717) is 10.5 Å². The number of amides is 2. The molecule has 0 saturated heterocycles. The van der Waals surface area contributed by atoms with Gasteiger partial charge in [-0.2, -0.15) is 13.2 Å². The summed E-state index contributed by atoms with van der Waals surface area (Å²) < 4.78 is 82.4. The Morgan fingerprint density at radius 2 is 1.53 bits per heavy atom. The van der Waals surface area contributed by atoms with Gasteiger partial charge in [0.1, 0.15) is 12.4 Å². The number of hydrogen-bond acceptors (Lipinski definition) is 3. The summed E-state index contributed by atoms with van der Waals surface area (Å²) >= 11 is 0. The van der Waals surface area contributed by atoms with Crippen LogP contribution in [0.2, 0.25) is 0 Å². The fourth-order valence-electron chi connectivity index (χ4n) is 4.89. The van der Waals surface area contributed by atoms with Gasteiger partial charge in [-0.25, -0.2) is 18.2 Å². The molecular formula is C32H23F6N3O2. The second-order valence-electron chi connectivity index (χ2n) is 9.87. The lowest BCUT2D eigenvalue weighted by molar-refractivity contribution is -0.135. The van der Waals surface area contributed by atoms with Crippen LogP contribution in [0.3, 0.4) is 0 Å². The number of fused-ring (bicyclic) bond motifs is 1. The molecule has 220 valence electrons. The zero-order valence-corrected chi connectivity index (χ0v) is 22.3. The van der Waals surface area contributed by atoms with Crippen molar-refractivity contribution in [3.63, 3.8) is 0 Å². The predicted molar refractivity (Wildman–Crippen MR) is 148 cm³/mol. The van der Waals surface area contributed by atoms with Gasteiger partial charge in [0.15, 0.2) is 11.6 Å². The van der Waals surface area contributed by atoms with E-state index in [0.717, 1.165) is 24.3 Å². The van der Waals surface area contributed by atoms with Gasteiger partial charge in [0.2, 0.25) is 12.1 Å². The monoisotopic (exact) mass is 595 g/mol. The molecule has 43 heavy (non-hydrogen) atoms. The van der Waals surface area contributed by atoms with Gasteiger partial charge >= 0.3 is 6.18 Å². The maximum atomic E-state index is 14.0. The van der Waals surface area contributed by atoms with Gasteiger partial charge in [0.05, 0.1) is 17.3 Å². The molecule has 1 N–H and O–H groups in total. The Morgan fingerprint density at radius 1 is 0.860 bits per heavy atom. The number of halogens is 6. The van der Waals surface area contributed by atoms with Crippen LogP contribution in [0, 0.1) is 17.5 Å². The number of benzene rings is 4. The standard InChI is InChI=1S/C32H23F6N3O2/c33-22-13-11-20(12-14-22)24(16-19-10-15-25(34)26(35)17-19)30(42)40-29-31(43)41(18-32(36,37)38)27-9-5-4-8-23(27)28(39-29)21-6-2-1-3-7-21/h1-15,17,24,29H,16,18H2,(H,40,42)/t24-,29-/m1/s1. The summed E-state index contributed by atoms with van der Waals surface area (Å²) in [5.41, 5.74) is 1.37. The minimum absolute atomic E-state index is 0.0407. The second-order valence-corrected chi connectivity index (χ2v) is 9.87. The van der Waals surface area contributed by atoms with Crippen LogP contribution in [0.25, 0.3) is 0 Å². The molecule has 2 atom stereocenters. The van der Waals surface area contributed by atoms with Crippen molar-refractivity contribution in [3.05, 3.63) is 137 Å². The SMILES string of the molecule is O=C(N[C@H]1N=C(c2ccccc2)c2ccccc2N(CC(F)(F)F)C1=O)[C@H](Cc1ccc(F)c(F)c1)c1ccc(F)cc1. The largest absolute Gasteiger partial charge is 0.406 e. The quantitative estimate of drug-likeness (QED) is 0.254. The third-order valence-corrected chi connectivity index (χ3v) is 6.88. The molecule has 4 aromatic carbocycles. The summed E-state index contributed by atoms with van der Waals surface area (Å²) in [5, 5.41) is 2.47. The van der Waals surface area contributed by atoms with Crippen molar-refractivity contribution in [1.82, 2.24) is 5.32 Å². The topological polar surface area (TPSA) is 61.8 Å². The molecule has 0 saturated carbocycles. The molecule has 0 unspecified atom stereocenters. The van der Waals surface area contributed by atoms with Gasteiger partial charge in [0.25, 0.3) is 5.91 Å². The van der Waals surface area contributed by atoms with Crippen LogP contribution in [0.1, 0.15) is 28.2 Å². The van der Waals surface area contributed by atoms with E-state index < -0.39 is 54.1 Å². The van der Waals surface area contributed by atoms with Crippen LogP contribution in [-0.2, 0) is 16.0 Å². The smallest absolute Gasteiger partial charge is 0.326 e. The molecule has 5 nitrogen and oxygen atoms in total. The second kappa shape index (κ2) is 12.1. The van der Waals surface area contributed by atoms with Crippen LogP contribution in [-0.4, -0.2) is 36.4 Å². The Kier molecular flexibility index (Phi) is 8.33. The van der Waals surface area contributed by atoms with Gasteiger partial charge in [-0.05, 0) is 47.9 Å². The van der Waals surface area contributed by atoms with Crippen LogP contribution in [0.5, 0.6) is 0 Å². The normalized spacial score (nSPS) is 15.8. The first-order chi connectivity index (χ1) is 20.5. The van der Waals surface area contributed by atoms with E-state index in [4.69, 9.17) is 0 Å². The Hall–Kier alpha value is -4.93. The number of nitrogens with zero attached hydrogens (tertiary/aromatic N) is 2. The number of aliphatic imine (C=N–C) groups is 1. The lowest BCUT2D eigenvalue weighted by Crippen LogP contribution is -2.51. The Morgan fingerprint density at radius 3 is 2.21 bits per heavy atom. The Labute approximate surface area is 242 Å². The molecule has 1 aliphatic heterocycles. The summed E-state index contributed by atoms with van der Waals surface area (Å²) in [6.07, 6.45) is -6.76. The number of nitrogens with one attached hydrogen (secondary N) is 1. The predicted octanol–water partition coefficient (Wildman–Crippen LogP) is 6.32. The molecule has 0 aromatic heterocycles. The van der Waals surface area contributed by atoms with E-state index >= 15 is 0 Å². The summed E-state index contributed by atoms with van der Waals surface area (Å²) in [6.45, 7) is -1.64. The van der Waals surface area contributed by atoms with Gasteiger partial charge in [0, 0.05) is 11.1 Å². The minimum Gasteiger partial charge on any atom is -0.326 e. The average Bonchev–Trinajstić information content (AvgIpc) is 3.09. The fraction of sp³-hybridized carbons (Fsp3) is 0.156. The van der Waals surface area contributed by atoms with Crippen molar-refractivity contribution >= 4 is 23.2 Å². The molecule has 1 heterocycles. The van der Waals surface area contributed by atoms with Gasteiger partial charge in [-0.1, -0.05) is 66.7 Å². The first-order valence-corrected chi connectivity index (χ1v) is 13.1. The van der Waals surface area contributed by atoms with E-state index in [-0.39, 0.29) is 34.5 Å². The maximum Gasteiger partial charge on any atom is 0.406 e. The van der Waals surface area contributed by atoms with Crippen molar-refractivity contribution in [3.8, 4) is 0 Å². The highest BCUT2D eigenvalue weighted by Crippen LogP contribution is 2.31. The summed E-state index contributed by atoms with van der Waals surface area (Å²) in [6, 6.07) is 22.4. The Bertz CT molecular complexity index is 1670. The highest BCUT2D eigenvalue weighted by molar-refractivity contribution is 6.20. The molecule has 11 heteroatoms. The van der Waals surface area contributed by atoms with Gasteiger partial charge < -0.3 is 5.32 Å². The Balaban J connectivity index is 1.57. The first kappa shape index (κ1) is 29.6. The maximum absolute atomic E-state index is 14.0. The molecule has 1 aliphatic rings. The number of anilines is 1. The van der Waals surface area contributed by atoms with Crippen molar-refractivity contribution in [2.45, 2.75) is 24.7 Å². The van der Waals surface area contributed by atoms with Crippen molar-refractivity contribution in [2.24, 2.45) is 4.99 Å². The van der Waals surface area contributed by atoms with E-state index in [2.05, 4.69) is 10.3 Å². The van der Waals surface area contributed by atoms with E-state index in [1.165, 1.54) is 36.4 Å². The molecule has 0 radical (unpaired) electrons. The molecule has 5 rings (SSSR count). The zero-order chi connectivity index (χ0) is 30.7. The zero-order valence-electron chi connectivity index (χ0n) is 22.3. The van der Waals surface area contributed by atoms with E-state index in [1.54, 1.807) is 36.4 Å². The molecule has 0 spiro atoms. The lowest BCUT2D eigenvalue weighted by Gasteiger charge is -2.27. The number of rotatable bonds is 7. The van der Waals surface area contributed by atoms with Crippen molar-refractivity contribution in [1.29, 1.82) is 0 Å². The highest BCUT2D eigenvalue weighted by Gasteiger charge is 2.40. The average molecular weight is 596 g/mol. The molecule has 2 amide bonds. The summed E-state index contributed by atoms with van der Waals surface area (Å²) in [7, 11) is 0. The number of para-hydroxylation sites is 1. The van der Waals surface area contributed by atoms with Crippen molar-refractivity contribution in [2.75, 3.05) is 11.4 Å². The number of carbonyl (C=O) groups is 2. The molecule has 0 bridgehead atoms. The molecular weight excluding hydrogens is 572 g/mol. The number of benzodiazepines with no additional fused rings is 1. The van der Waals surface area contributed by atoms with Gasteiger partial charge in [-0.15, -0.1) is 0 Å². The fourth-order valence-corrected chi connectivity index (χ4v) is 4.89. The number of alkyl halides is 3. The van der Waals surface area contributed by atoms with Crippen LogP contribution in [0.4, 0.5) is 32.0 Å². The highest BCUT2D eigenvalue weighted by atomic mass is 19.4.